The summed E-state index contributed by atoms with van der Waals surface area (Å²) in [4.78, 5) is 11.9. The third kappa shape index (κ3) is 1.44. The molecule has 0 bridgehead atoms. The fourth-order valence-electron chi connectivity index (χ4n) is 3.10. The van der Waals surface area contributed by atoms with E-state index in [9.17, 15) is 4.79 Å². The second-order valence-corrected chi connectivity index (χ2v) is 4.54. The van der Waals surface area contributed by atoms with E-state index in [0.717, 1.165) is 25.9 Å². The van der Waals surface area contributed by atoms with Crippen LogP contribution in [0.25, 0.3) is 0 Å². The van der Waals surface area contributed by atoms with E-state index in [1.54, 1.807) is 0 Å². The molecule has 2 rings (SSSR count). The van der Waals surface area contributed by atoms with E-state index in [2.05, 4.69) is 5.32 Å². The molecular formula is C11H19NO2. The molecule has 1 heterocycles. The van der Waals surface area contributed by atoms with E-state index in [0.29, 0.717) is 5.92 Å². The van der Waals surface area contributed by atoms with E-state index in [-0.39, 0.29) is 11.4 Å². The maximum atomic E-state index is 11.9. The van der Waals surface area contributed by atoms with Gasteiger partial charge in [-0.25, -0.2) is 0 Å². The number of carbonyl (C=O) groups is 1. The normalized spacial score (nSPS) is 37.4. The van der Waals surface area contributed by atoms with Gasteiger partial charge < -0.3 is 10.1 Å². The first-order valence-electron chi connectivity index (χ1n) is 5.59. The Balaban J connectivity index is 2.20. The van der Waals surface area contributed by atoms with Crippen molar-refractivity contribution in [2.24, 2.45) is 11.3 Å². The van der Waals surface area contributed by atoms with Gasteiger partial charge in [0, 0.05) is 0 Å². The molecule has 14 heavy (non-hydrogen) atoms. The van der Waals surface area contributed by atoms with Gasteiger partial charge in [0.25, 0.3) is 0 Å². The molecule has 0 aromatic carbocycles. The maximum absolute atomic E-state index is 11.9. The van der Waals surface area contributed by atoms with Gasteiger partial charge in [-0.1, -0.05) is 12.8 Å². The van der Waals surface area contributed by atoms with Crippen LogP contribution in [0.15, 0.2) is 0 Å². The number of nitrogens with one attached hydrogen (secondary N) is 1. The van der Waals surface area contributed by atoms with Crippen molar-refractivity contribution < 1.29 is 9.53 Å². The first kappa shape index (κ1) is 9.97. The van der Waals surface area contributed by atoms with Gasteiger partial charge in [0.1, 0.15) is 0 Å². The lowest BCUT2D eigenvalue weighted by Crippen LogP contribution is -2.51. The fraction of sp³-hybridized carbons (Fsp3) is 0.909. The number of methoxy groups -OCH3 is 1. The van der Waals surface area contributed by atoms with Crippen molar-refractivity contribution in [1.29, 1.82) is 0 Å². The molecule has 1 aliphatic heterocycles. The molecule has 2 aliphatic rings. The zero-order valence-corrected chi connectivity index (χ0v) is 8.84. The van der Waals surface area contributed by atoms with E-state index in [4.69, 9.17) is 4.74 Å². The fourth-order valence-corrected chi connectivity index (χ4v) is 3.10. The molecule has 2 atom stereocenters. The Hall–Kier alpha value is -0.570. The minimum Gasteiger partial charge on any atom is -0.469 e. The first-order chi connectivity index (χ1) is 6.79. The molecule has 1 saturated carbocycles. The van der Waals surface area contributed by atoms with Crippen LogP contribution >= 0.6 is 0 Å². The lowest BCUT2D eigenvalue weighted by Gasteiger charge is -2.45. The number of piperidine rings is 1. The summed E-state index contributed by atoms with van der Waals surface area (Å²) in [5, 5.41) is 3.38. The first-order valence-corrected chi connectivity index (χ1v) is 5.59. The standard InChI is InChI=1S/C11H19NO2/c1-14-10(13)11-5-3-2-4-9(11)8-12-7-6-11/h9,12H,2-8H2,1H3. The Kier molecular flexibility index (Phi) is 2.77. The van der Waals surface area contributed by atoms with Crippen LogP contribution < -0.4 is 5.32 Å². The average Bonchev–Trinajstić information content (AvgIpc) is 2.28. The zero-order valence-electron chi connectivity index (χ0n) is 8.84. The summed E-state index contributed by atoms with van der Waals surface area (Å²) in [6, 6.07) is 0. The molecule has 80 valence electrons. The topological polar surface area (TPSA) is 38.3 Å². The average molecular weight is 197 g/mol. The quantitative estimate of drug-likeness (QED) is 0.644. The summed E-state index contributed by atoms with van der Waals surface area (Å²) in [5.41, 5.74) is -0.141. The van der Waals surface area contributed by atoms with Gasteiger partial charge in [-0.05, 0) is 38.3 Å². The Bertz CT molecular complexity index is 215. The summed E-state index contributed by atoms with van der Waals surface area (Å²) >= 11 is 0. The summed E-state index contributed by atoms with van der Waals surface area (Å²) in [6.07, 6.45) is 5.63. The van der Waals surface area contributed by atoms with Gasteiger partial charge in [0.15, 0.2) is 0 Å². The van der Waals surface area contributed by atoms with Crippen molar-refractivity contribution >= 4 is 5.97 Å². The van der Waals surface area contributed by atoms with E-state index >= 15 is 0 Å². The van der Waals surface area contributed by atoms with Crippen molar-refractivity contribution in [1.82, 2.24) is 5.32 Å². The molecule has 0 spiro atoms. The monoisotopic (exact) mass is 197 g/mol. The number of ether oxygens (including phenoxy) is 1. The highest BCUT2D eigenvalue weighted by atomic mass is 16.5. The number of hydrogen-bond acceptors (Lipinski definition) is 3. The van der Waals surface area contributed by atoms with Gasteiger partial charge in [0.2, 0.25) is 0 Å². The third-order valence-corrected chi connectivity index (χ3v) is 3.94. The van der Waals surface area contributed by atoms with Crippen molar-refractivity contribution in [2.45, 2.75) is 32.1 Å². The number of hydrogen-bond donors (Lipinski definition) is 1. The lowest BCUT2D eigenvalue weighted by molar-refractivity contribution is -0.161. The van der Waals surface area contributed by atoms with Gasteiger partial charge in [-0.15, -0.1) is 0 Å². The molecule has 0 amide bonds. The molecule has 0 aromatic rings. The van der Waals surface area contributed by atoms with Crippen LogP contribution in [0, 0.1) is 11.3 Å². The Labute approximate surface area is 85.2 Å². The second kappa shape index (κ2) is 3.89. The molecule has 0 radical (unpaired) electrons. The molecule has 3 nitrogen and oxygen atoms in total. The molecule has 1 saturated heterocycles. The van der Waals surface area contributed by atoms with Gasteiger partial charge in [0.05, 0.1) is 12.5 Å². The van der Waals surface area contributed by atoms with Crippen LogP contribution in [0.3, 0.4) is 0 Å². The highest BCUT2D eigenvalue weighted by Crippen LogP contribution is 2.46. The van der Waals surface area contributed by atoms with Crippen LogP contribution in [0.4, 0.5) is 0 Å². The van der Waals surface area contributed by atoms with Gasteiger partial charge >= 0.3 is 5.97 Å². The van der Waals surface area contributed by atoms with Gasteiger partial charge in [-0.2, -0.15) is 0 Å². The van der Waals surface area contributed by atoms with Crippen molar-refractivity contribution in [3.63, 3.8) is 0 Å². The lowest BCUT2D eigenvalue weighted by atomic mass is 9.63. The summed E-state index contributed by atoms with van der Waals surface area (Å²) in [6.45, 7) is 1.96. The van der Waals surface area contributed by atoms with E-state index in [1.165, 1.54) is 26.4 Å². The SMILES string of the molecule is COC(=O)C12CCCCC1CNCC2. The molecule has 1 N–H and O–H groups in total. The molecule has 2 unspecified atom stereocenters. The predicted octanol–water partition coefficient (Wildman–Crippen LogP) is 1.33. The smallest absolute Gasteiger partial charge is 0.312 e. The number of fused-ring (bicyclic) bond motifs is 1. The Morgan fingerprint density at radius 1 is 1.43 bits per heavy atom. The van der Waals surface area contributed by atoms with Gasteiger partial charge in [-0.3, -0.25) is 4.79 Å². The number of rotatable bonds is 1. The van der Waals surface area contributed by atoms with E-state index < -0.39 is 0 Å². The predicted molar refractivity (Wildman–Crippen MR) is 53.9 cm³/mol. The summed E-state index contributed by atoms with van der Waals surface area (Å²) in [5.74, 6) is 0.543. The van der Waals surface area contributed by atoms with Crippen LogP contribution in [-0.4, -0.2) is 26.2 Å². The molecule has 0 aromatic heterocycles. The molecular weight excluding hydrogens is 178 g/mol. The van der Waals surface area contributed by atoms with Crippen LogP contribution in [0.2, 0.25) is 0 Å². The van der Waals surface area contributed by atoms with Crippen molar-refractivity contribution in [3.8, 4) is 0 Å². The highest BCUT2D eigenvalue weighted by molar-refractivity contribution is 5.77. The van der Waals surface area contributed by atoms with Crippen LogP contribution in [-0.2, 0) is 9.53 Å². The Morgan fingerprint density at radius 3 is 3.07 bits per heavy atom. The molecule has 1 aliphatic carbocycles. The van der Waals surface area contributed by atoms with Crippen molar-refractivity contribution in [3.05, 3.63) is 0 Å². The zero-order chi connectivity index (χ0) is 10.0. The summed E-state index contributed by atoms with van der Waals surface area (Å²) < 4.78 is 4.98. The maximum Gasteiger partial charge on any atom is 0.312 e. The summed E-state index contributed by atoms with van der Waals surface area (Å²) in [7, 11) is 1.52. The highest BCUT2D eigenvalue weighted by Gasteiger charge is 2.48. The third-order valence-electron chi connectivity index (χ3n) is 3.94. The number of esters is 1. The molecule has 2 fully saturated rings. The number of carbonyl (C=O) groups excluding carboxylic acids is 1. The Morgan fingerprint density at radius 2 is 2.29 bits per heavy atom. The minimum atomic E-state index is -0.141. The van der Waals surface area contributed by atoms with Crippen molar-refractivity contribution in [2.75, 3.05) is 20.2 Å². The van der Waals surface area contributed by atoms with Crippen LogP contribution in [0.5, 0.6) is 0 Å². The van der Waals surface area contributed by atoms with E-state index in [1.807, 2.05) is 0 Å². The second-order valence-electron chi connectivity index (χ2n) is 4.54. The largest absolute Gasteiger partial charge is 0.469 e. The van der Waals surface area contributed by atoms with Crippen LogP contribution in [0.1, 0.15) is 32.1 Å². The minimum absolute atomic E-state index is 0.0312. The molecule has 3 heteroatoms.